The highest BCUT2D eigenvalue weighted by atomic mass is 79.9. The van der Waals surface area contributed by atoms with Gasteiger partial charge in [-0.2, -0.15) is 0 Å². The van der Waals surface area contributed by atoms with Crippen molar-refractivity contribution >= 4 is 45.6 Å². The summed E-state index contributed by atoms with van der Waals surface area (Å²) in [5, 5.41) is 5.16. The van der Waals surface area contributed by atoms with E-state index < -0.39 is 0 Å². The van der Waals surface area contributed by atoms with Crippen molar-refractivity contribution in [2.45, 2.75) is 0 Å². The van der Waals surface area contributed by atoms with Gasteiger partial charge in [-0.1, -0.05) is 0 Å². The summed E-state index contributed by atoms with van der Waals surface area (Å²) < 4.78 is 0.908. The van der Waals surface area contributed by atoms with Crippen LogP contribution < -0.4 is 5.32 Å². The Hall–Kier alpha value is -0.100. The third-order valence-corrected chi connectivity index (χ3v) is 4.04. The number of hydrogen-bond donors (Lipinski definition) is 1. The van der Waals surface area contributed by atoms with Gasteiger partial charge in [0, 0.05) is 30.7 Å². The first kappa shape index (κ1) is 13.0. The smallest absolute Gasteiger partial charge is 0.265 e. The van der Waals surface area contributed by atoms with Crippen molar-refractivity contribution in [2.75, 3.05) is 26.2 Å². The van der Waals surface area contributed by atoms with Gasteiger partial charge in [0.2, 0.25) is 0 Å². The molecule has 0 unspecified atom stereocenters. The van der Waals surface area contributed by atoms with Crippen LogP contribution in [0.3, 0.4) is 0 Å². The van der Waals surface area contributed by atoms with Crippen molar-refractivity contribution in [3.05, 3.63) is 20.8 Å². The van der Waals surface area contributed by atoms with Gasteiger partial charge in [-0.05, 0) is 27.4 Å². The van der Waals surface area contributed by atoms with Gasteiger partial charge in [0.25, 0.3) is 5.91 Å². The van der Waals surface area contributed by atoms with Crippen LogP contribution in [-0.2, 0) is 0 Å². The number of hydrogen-bond acceptors (Lipinski definition) is 3. The summed E-state index contributed by atoms with van der Waals surface area (Å²) in [5.74, 6) is 0.147. The third kappa shape index (κ3) is 2.93. The van der Waals surface area contributed by atoms with E-state index in [4.69, 9.17) is 0 Å². The fourth-order valence-corrected chi connectivity index (χ4v) is 2.97. The van der Waals surface area contributed by atoms with Gasteiger partial charge in [0.15, 0.2) is 0 Å². The highest BCUT2D eigenvalue weighted by Gasteiger charge is 2.20. The largest absolute Gasteiger partial charge is 0.335 e. The summed E-state index contributed by atoms with van der Waals surface area (Å²) in [6.45, 7) is 3.41. The van der Waals surface area contributed by atoms with E-state index in [0.717, 1.165) is 35.5 Å². The summed E-state index contributed by atoms with van der Waals surface area (Å²) in [5.41, 5.74) is 0. The number of amides is 1. The van der Waals surface area contributed by atoms with E-state index in [9.17, 15) is 4.79 Å². The number of halogens is 2. The van der Waals surface area contributed by atoms with Gasteiger partial charge in [-0.25, -0.2) is 0 Å². The monoisotopic (exact) mass is 310 g/mol. The zero-order valence-electron chi connectivity index (χ0n) is 8.03. The number of nitrogens with zero attached hydrogens (tertiary/aromatic N) is 1. The first-order valence-corrected chi connectivity index (χ1v) is 6.19. The van der Waals surface area contributed by atoms with E-state index in [-0.39, 0.29) is 18.3 Å². The molecule has 1 fully saturated rings. The van der Waals surface area contributed by atoms with Gasteiger partial charge in [-0.15, -0.1) is 23.7 Å². The van der Waals surface area contributed by atoms with Crippen LogP contribution in [0.15, 0.2) is 15.9 Å². The molecule has 0 atom stereocenters. The molecule has 0 aliphatic carbocycles. The lowest BCUT2D eigenvalue weighted by Crippen LogP contribution is -2.46. The maximum absolute atomic E-state index is 12.0. The second-order valence-corrected chi connectivity index (χ2v) is 4.91. The molecule has 84 valence electrons. The highest BCUT2D eigenvalue weighted by Crippen LogP contribution is 2.24. The van der Waals surface area contributed by atoms with Crippen LogP contribution in [0.25, 0.3) is 0 Å². The lowest BCUT2D eigenvalue weighted by molar-refractivity contribution is 0.0740. The Morgan fingerprint density at radius 2 is 2.13 bits per heavy atom. The van der Waals surface area contributed by atoms with Gasteiger partial charge in [0.1, 0.15) is 4.88 Å². The van der Waals surface area contributed by atoms with E-state index in [0.29, 0.717) is 0 Å². The minimum atomic E-state index is 0. The molecule has 1 aromatic rings. The van der Waals surface area contributed by atoms with Crippen molar-refractivity contribution in [1.82, 2.24) is 10.2 Å². The Kier molecular flexibility index (Phi) is 5.05. The normalized spacial score (nSPS) is 15.9. The molecule has 2 rings (SSSR count). The van der Waals surface area contributed by atoms with Crippen LogP contribution in [0.5, 0.6) is 0 Å². The minimum Gasteiger partial charge on any atom is -0.335 e. The molecule has 2 heterocycles. The zero-order chi connectivity index (χ0) is 9.97. The predicted molar refractivity (Wildman–Crippen MR) is 68.0 cm³/mol. The lowest BCUT2D eigenvalue weighted by Gasteiger charge is -2.27. The van der Waals surface area contributed by atoms with E-state index in [1.54, 1.807) is 0 Å². The Bertz CT molecular complexity index is 339. The summed E-state index contributed by atoms with van der Waals surface area (Å²) in [6, 6.07) is 1.92. The fraction of sp³-hybridized carbons (Fsp3) is 0.444. The standard InChI is InChI=1S/C9H11BrN2OS.ClH/c10-7-1-6-14-8(7)9(13)12-4-2-11-3-5-12;/h1,6,11H,2-5H2;1H. The van der Waals surface area contributed by atoms with Gasteiger partial charge in [0.05, 0.1) is 0 Å². The minimum absolute atomic E-state index is 0. The molecule has 1 aliphatic heterocycles. The SMILES string of the molecule is Cl.O=C(c1sccc1Br)N1CCNCC1. The van der Waals surface area contributed by atoms with Gasteiger partial charge in [-0.3, -0.25) is 4.79 Å². The van der Waals surface area contributed by atoms with Gasteiger partial charge >= 0.3 is 0 Å². The molecule has 0 radical (unpaired) electrons. The number of carbonyl (C=O) groups excluding carboxylic acids is 1. The molecule has 0 spiro atoms. The average Bonchev–Trinajstić information content (AvgIpc) is 2.65. The van der Waals surface area contributed by atoms with Crippen molar-refractivity contribution < 1.29 is 4.79 Å². The molecule has 6 heteroatoms. The van der Waals surface area contributed by atoms with Crippen LogP contribution in [-0.4, -0.2) is 37.0 Å². The topological polar surface area (TPSA) is 32.3 Å². The molecule has 1 amide bonds. The van der Waals surface area contributed by atoms with E-state index >= 15 is 0 Å². The zero-order valence-corrected chi connectivity index (χ0v) is 11.3. The van der Waals surface area contributed by atoms with Crippen LogP contribution in [0.2, 0.25) is 0 Å². The Labute approximate surface area is 107 Å². The van der Waals surface area contributed by atoms with Crippen molar-refractivity contribution in [1.29, 1.82) is 0 Å². The fourth-order valence-electron chi connectivity index (χ4n) is 1.46. The van der Waals surface area contributed by atoms with Crippen LogP contribution in [0, 0.1) is 0 Å². The predicted octanol–water partition coefficient (Wildman–Crippen LogP) is 1.98. The first-order chi connectivity index (χ1) is 6.79. The van der Waals surface area contributed by atoms with E-state index in [1.807, 2.05) is 16.3 Å². The lowest BCUT2D eigenvalue weighted by atomic mass is 10.3. The number of rotatable bonds is 1. The van der Waals surface area contributed by atoms with Gasteiger partial charge < -0.3 is 10.2 Å². The molecular formula is C9H12BrClN2OS. The number of nitrogens with one attached hydrogen (secondary N) is 1. The Morgan fingerprint density at radius 3 is 2.67 bits per heavy atom. The highest BCUT2D eigenvalue weighted by molar-refractivity contribution is 9.10. The van der Waals surface area contributed by atoms with Crippen molar-refractivity contribution in [3.8, 4) is 0 Å². The maximum atomic E-state index is 12.0. The third-order valence-electron chi connectivity index (χ3n) is 2.22. The quantitative estimate of drug-likeness (QED) is 0.860. The molecule has 1 saturated heterocycles. The second-order valence-electron chi connectivity index (χ2n) is 3.14. The summed E-state index contributed by atoms with van der Waals surface area (Å²) in [4.78, 5) is 14.7. The van der Waals surface area contributed by atoms with Crippen LogP contribution in [0.4, 0.5) is 0 Å². The molecule has 1 aliphatic rings. The molecule has 0 bridgehead atoms. The van der Waals surface area contributed by atoms with Crippen LogP contribution >= 0.6 is 39.7 Å². The Balaban J connectivity index is 0.00000112. The van der Waals surface area contributed by atoms with Crippen molar-refractivity contribution in [3.63, 3.8) is 0 Å². The number of thiophene rings is 1. The molecule has 1 aromatic heterocycles. The first-order valence-electron chi connectivity index (χ1n) is 4.52. The van der Waals surface area contributed by atoms with E-state index in [2.05, 4.69) is 21.2 Å². The Morgan fingerprint density at radius 1 is 1.47 bits per heavy atom. The number of piperazine rings is 1. The van der Waals surface area contributed by atoms with Crippen molar-refractivity contribution in [2.24, 2.45) is 0 Å². The van der Waals surface area contributed by atoms with E-state index in [1.165, 1.54) is 11.3 Å². The molecule has 3 nitrogen and oxygen atoms in total. The summed E-state index contributed by atoms with van der Waals surface area (Å²) >= 11 is 4.87. The molecule has 0 saturated carbocycles. The molecule has 15 heavy (non-hydrogen) atoms. The second kappa shape index (κ2) is 5.84. The molecule has 1 N–H and O–H groups in total. The van der Waals surface area contributed by atoms with Crippen LogP contribution in [0.1, 0.15) is 9.67 Å². The molecule has 0 aromatic carbocycles. The summed E-state index contributed by atoms with van der Waals surface area (Å²) in [6.07, 6.45) is 0. The summed E-state index contributed by atoms with van der Waals surface area (Å²) in [7, 11) is 0. The number of carbonyl (C=O) groups is 1. The average molecular weight is 312 g/mol. The molecular weight excluding hydrogens is 300 g/mol. The maximum Gasteiger partial charge on any atom is 0.265 e.